The van der Waals surface area contributed by atoms with Gasteiger partial charge in [-0.05, 0) is 72.7 Å². The highest BCUT2D eigenvalue weighted by atomic mass is 35.5. The van der Waals surface area contributed by atoms with Gasteiger partial charge in [-0.2, -0.15) is 5.10 Å². The highest BCUT2D eigenvalue weighted by Gasteiger charge is 2.38. The summed E-state index contributed by atoms with van der Waals surface area (Å²) in [4.78, 5) is 14.8. The first-order valence-electron chi connectivity index (χ1n) is 9.99. The lowest BCUT2D eigenvalue weighted by Gasteiger charge is -2.26. The second-order valence-electron chi connectivity index (χ2n) is 7.89. The second-order valence-corrected chi connectivity index (χ2v) is 8.30. The average Bonchev–Trinajstić information content (AvgIpc) is 3.45. The molecule has 3 aromatic rings. The van der Waals surface area contributed by atoms with E-state index in [2.05, 4.69) is 17.2 Å². The van der Waals surface area contributed by atoms with Crippen molar-refractivity contribution in [2.75, 3.05) is 0 Å². The predicted molar refractivity (Wildman–Crippen MR) is 111 cm³/mol. The summed E-state index contributed by atoms with van der Waals surface area (Å²) >= 11 is 6.56. The van der Waals surface area contributed by atoms with Gasteiger partial charge in [0.05, 0.1) is 17.8 Å². The Hall–Kier alpha value is -2.63. The van der Waals surface area contributed by atoms with Gasteiger partial charge in [-0.15, -0.1) is 0 Å². The number of carbonyl (C=O) groups excluding carboxylic acids is 1. The van der Waals surface area contributed by atoms with Gasteiger partial charge in [-0.25, -0.2) is 4.68 Å². The Kier molecular flexibility index (Phi) is 4.64. The van der Waals surface area contributed by atoms with Crippen LogP contribution in [0.15, 0.2) is 54.9 Å². The van der Waals surface area contributed by atoms with Gasteiger partial charge in [0.25, 0.3) is 5.91 Å². The number of hydrogen-bond acceptors (Lipinski definition) is 3. The van der Waals surface area contributed by atoms with Crippen LogP contribution in [-0.2, 0) is 13.0 Å². The Bertz CT molecular complexity index is 1050. The van der Waals surface area contributed by atoms with E-state index in [-0.39, 0.29) is 11.9 Å². The van der Waals surface area contributed by atoms with E-state index in [4.69, 9.17) is 11.6 Å². The fraction of sp³-hybridized carbons (Fsp3) is 0.304. The molecule has 2 atom stereocenters. The molecular weight excluding hydrogens is 386 g/mol. The van der Waals surface area contributed by atoms with E-state index in [1.54, 1.807) is 6.20 Å². The molecule has 1 aromatic heterocycles. The fourth-order valence-corrected chi connectivity index (χ4v) is 4.75. The lowest BCUT2D eigenvalue weighted by atomic mass is 10.00. The molecule has 0 unspecified atom stereocenters. The van der Waals surface area contributed by atoms with Gasteiger partial charge in [0, 0.05) is 29.5 Å². The second kappa shape index (κ2) is 7.32. The standard InChI is InChI=1S/C23H22ClN3O2/c24-20-13-17-14-26(21-3-1-4-22(21)28)23(29)19(17)12-16(20)11-15-5-7-18(8-6-15)27-10-2-9-25-27/h2,5-10,12-13,21-22,28H,1,3-4,11,14H2/t21-,22-/m0/s1. The van der Waals surface area contributed by atoms with Gasteiger partial charge < -0.3 is 10.0 Å². The molecule has 0 bridgehead atoms. The van der Waals surface area contributed by atoms with E-state index in [1.807, 2.05) is 46.1 Å². The van der Waals surface area contributed by atoms with Crippen LogP contribution in [0, 0.1) is 0 Å². The maximum Gasteiger partial charge on any atom is 0.254 e. The zero-order valence-electron chi connectivity index (χ0n) is 16.0. The van der Waals surface area contributed by atoms with E-state index in [9.17, 15) is 9.90 Å². The van der Waals surface area contributed by atoms with Crippen LogP contribution in [0.1, 0.15) is 46.3 Å². The van der Waals surface area contributed by atoms with Crippen molar-refractivity contribution in [3.63, 3.8) is 0 Å². The molecule has 1 aliphatic carbocycles. The average molecular weight is 408 g/mol. The molecule has 0 saturated heterocycles. The van der Waals surface area contributed by atoms with E-state index in [0.29, 0.717) is 18.0 Å². The summed E-state index contributed by atoms with van der Waals surface area (Å²) in [5.41, 5.74) is 4.74. The minimum Gasteiger partial charge on any atom is -0.391 e. The topological polar surface area (TPSA) is 58.4 Å². The number of hydrogen-bond donors (Lipinski definition) is 1. The maximum atomic E-state index is 13.0. The molecule has 0 radical (unpaired) electrons. The van der Waals surface area contributed by atoms with Crippen LogP contribution >= 0.6 is 11.6 Å². The lowest BCUT2D eigenvalue weighted by Crippen LogP contribution is -2.40. The summed E-state index contributed by atoms with van der Waals surface area (Å²) in [5.74, 6) is 0.0119. The smallest absolute Gasteiger partial charge is 0.254 e. The Morgan fingerprint density at radius 2 is 2.00 bits per heavy atom. The van der Waals surface area contributed by atoms with Crippen LogP contribution in [0.2, 0.25) is 5.02 Å². The number of carbonyl (C=O) groups is 1. The largest absolute Gasteiger partial charge is 0.391 e. The molecule has 6 heteroatoms. The zero-order valence-corrected chi connectivity index (χ0v) is 16.7. The first-order chi connectivity index (χ1) is 14.1. The van der Waals surface area contributed by atoms with Gasteiger partial charge in [-0.3, -0.25) is 4.79 Å². The molecule has 5 rings (SSSR count). The molecule has 5 nitrogen and oxygen atoms in total. The van der Waals surface area contributed by atoms with Crippen LogP contribution in [0.4, 0.5) is 0 Å². The van der Waals surface area contributed by atoms with Crippen molar-refractivity contribution in [2.45, 2.75) is 44.4 Å². The first-order valence-corrected chi connectivity index (χ1v) is 10.4. The van der Waals surface area contributed by atoms with Gasteiger partial charge in [0.1, 0.15) is 0 Å². The molecule has 1 amide bonds. The summed E-state index contributed by atoms with van der Waals surface area (Å²) in [6.07, 6.45) is 6.50. The number of rotatable bonds is 4. The summed E-state index contributed by atoms with van der Waals surface area (Å²) in [6, 6.07) is 13.8. The molecule has 1 fully saturated rings. The van der Waals surface area contributed by atoms with Crippen molar-refractivity contribution in [1.82, 2.24) is 14.7 Å². The number of nitrogens with zero attached hydrogens (tertiary/aromatic N) is 3. The van der Waals surface area contributed by atoms with Gasteiger partial charge in [-0.1, -0.05) is 23.7 Å². The van der Waals surface area contributed by atoms with Gasteiger partial charge >= 0.3 is 0 Å². The lowest BCUT2D eigenvalue weighted by molar-refractivity contribution is 0.0479. The van der Waals surface area contributed by atoms with Crippen LogP contribution < -0.4 is 0 Å². The normalized spacial score (nSPS) is 21.0. The third kappa shape index (κ3) is 3.34. The van der Waals surface area contributed by atoms with Crippen molar-refractivity contribution < 1.29 is 9.90 Å². The number of amides is 1. The van der Waals surface area contributed by atoms with Crippen molar-refractivity contribution in [1.29, 1.82) is 0 Å². The molecule has 29 heavy (non-hydrogen) atoms. The Labute approximate surface area is 174 Å². The molecule has 2 heterocycles. The predicted octanol–water partition coefficient (Wildman–Crippen LogP) is 3.99. The van der Waals surface area contributed by atoms with Crippen molar-refractivity contribution in [3.8, 4) is 5.69 Å². The summed E-state index contributed by atoms with van der Waals surface area (Å²) in [6.45, 7) is 0.536. The highest BCUT2D eigenvalue weighted by Crippen LogP contribution is 2.35. The highest BCUT2D eigenvalue weighted by molar-refractivity contribution is 6.31. The molecule has 2 aromatic carbocycles. The molecule has 0 spiro atoms. The van der Waals surface area contributed by atoms with Crippen LogP contribution in [-0.4, -0.2) is 37.8 Å². The Balaban J connectivity index is 1.38. The minimum absolute atomic E-state index is 0.0119. The van der Waals surface area contributed by atoms with E-state index in [0.717, 1.165) is 47.2 Å². The van der Waals surface area contributed by atoms with Crippen LogP contribution in [0.5, 0.6) is 0 Å². The molecule has 148 valence electrons. The number of fused-ring (bicyclic) bond motifs is 1. The van der Waals surface area contributed by atoms with Crippen molar-refractivity contribution in [2.24, 2.45) is 0 Å². The molecule has 1 N–H and O–H groups in total. The summed E-state index contributed by atoms with van der Waals surface area (Å²) in [7, 11) is 0. The van der Waals surface area contributed by atoms with Gasteiger partial charge in [0.2, 0.25) is 0 Å². The number of benzene rings is 2. The third-order valence-electron chi connectivity index (χ3n) is 6.05. The quantitative estimate of drug-likeness (QED) is 0.711. The molecule has 1 saturated carbocycles. The number of aromatic nitrogens is 2. The minimum atomic E-state index is -0.420. The fourth-order valence-electron chi connectivity index (χ4n) is 4.50. The molecule has 2 aliphatic rings. The Morgan fingerprint density at radius 1 is 1.17 bits per heavy atom. The molecular formula is C23H22ClN3O2. The zero-order chi connectivity index (χ0) is 20.0. The summed E-state index contributed by atoms with van der Waals surface area (Å²) < 4.78 is 1.82. The number of halogens is 1. The van der Waals surface area contributed by atoms with E-state index < -0.39 is 6.10 Å². The Morgan fingerprint density at radius 3 is 2.69 bits per heavy atom. The summed E-state index contributed by atoms with van der Waals surface area (Å²) in [5, 5.41) is 15.1. The maximum absolute atomic E-state index is 13.0. The third-order valence-corrected chi connectivity index (χ3v) is 6.40. The van der Waals surface area contributed by atoms with Gasteiger partial charge in [0.15, 0.2) is 0 Å². The van der Waals surface area contributed by atoms with Crippen LogP contribution in [0.25, 0.3) is 5.69 Å². The first kappa shape index (κ1) is 18.4. The number of aliphatic hydroxyl groups excluding tert-OH is 1. The van der Waals surface area contributed by atoms with E-state index in [1.165, 1.54) is 0 Å². The SMILES string of the molecule is O=C1c2cc(Cc3ccc(-n4cccn4)cc3)c(Cl)cc2CN1[C@H]1CCC[C@@H]1O. The van der Waals surface area contributed by atoms with E-state index >= 15 is 0 Å². The monoisotopic (exact) mass is 407 g/mol. The number of aliphatic hydroxyl groups is 1. The van der Waals surface area contributed by atoms with Crippen molar-refractivity contribution >= 4 is 17.5 Å². The molecule has 1 aliphatic heterocycles. The van der Waals surface area contributed by atoms with Crippen molar-refractivity contribution in [3.05, 3.63) is 82.1 Å². The van der Waals surface area contributed by atoms with Crippen LogP contribution in [0.3, 0.4) is 0 Å².